The molecule has 1 aliphatic rings. The average molecular weight is 265 g/mol. The molecular formula is C14H19NO2S. The lowest BCUT2D eigenvalue weighted by atomic mass is 10.1. The largest absolute Gasteiger partial charge is 0.496 e. The minimum absolute atomic E-state index is 0.392. The monoisotopic (exact) mass is 265 g/mol. The number of hydrogen-bond acceptors (Lipinski definition) is 3. The van der Waals surface area contributed by atoms with Crippen LogP contribution in [0.4, 0.5) is 0 Å². The molecule has 1 aliphatic carbocycles. The smallest absolute Gasteiger partial charge is 0.124 e. The van der Waals surface area contributed by atoms with Crippen LogP contribution in [0.1, 0.15) is 36.8 Å². The fourth-order valence-electron chi connectivity index (χ4n) is 2.31. The van der Waals surface area contributed by atoms with E-state index in [1.54, 1.807) is 7.11 Å². The van der Waals surface area contributed by atoms with Crippen LogP contribution in [0.25, 0.3) is 0 Å². The van der Waals surface area contributed by atoms with Gasteiger partial charge in [-0.1, -0.05) is 25.1 Å². The van der Waals surface area contributed by atoms with Gasteiger partial charge in [0.25, 0.3) is 0 Å². The number of benzene rings is 1. The molecule has 0 heterocycles. The van der Waals surface area contributed by atoms with Crippen LogP contribution in [0.3, 0.4) is 0 Å². The van der Waals surface area contributed by atoms with Crippen LogP contribution in [0.5, 0.6) is 5.75 Å². The maximum atomic E-state index is 5.90. The van der Waals surface area contributed by atoms with Crippen LogP contribution >= 0.6 is 12.2 Å². The molecule has 1 aromatic carbocycles. The van der Waals surface area contributed by atoms with Gasteiger partial charge in [-0.3, -0.25) is 0 Å². The summed E-state index contributed by atoms with van der Waals surface area (Å²) in [4.78, 5) is 0.403. The molecule has 98 valence electrons. The number of thiocarbonyl (C=S) groups is 1. The first-order valence-corrected chi connectivity index (χ1v) is 6.70. The van der Waals surface area contributed by atoms with E-state index >= 15 is 0 Å². The number of methoxy groups -OCH3 is 1. The van der Waals surface area contributed by atoms with Gasteiger partial charge in [0, 0.05) is 11.1 Å². The second-order valence-corrected chi connectivity index (χ2v) is 5.05. The lowest BCUT2D eigenvalue weighted by Gasteiger charge is -2.14. The fraction of sp³-hybridized carbons (Fsp3) is 0.500. The van der Waals surface area contributed by atoms with Gasteiger partial charge in [0.05, 0.1) is 19.8 Å². The molecule has 0 spiro atoms. The van der Waals surface area contributed by atoms with Crippen molar-refractivity contribution in [1.82, 2.24) is 0 Å². The highest BCUT2D eigenvalue weighted by molar-refractivity contribution is 7.80. The van der Waals surface area contributed by atoms with E-state index in [0.717, 1.165) is 29.7 Å². The van der Waals surface area contributed by atoms with Crippen molar-refractivity contribution < 1.29 is 9.47 Å². The van der Waals surface area contributed by atoms with Gasteiger partial charge >= 0.3 is 0 Å². The molecule has 0 aliphatic heterocycles. The number of nitrogens with two attached hydrogens (primary N) is 1. The third kappa shape index (κ3) is 3.21. The van der Waals surface area contributed by atoms with Crippen LogP contribution in [0.15, 0.2) is 18.2 Å². The molecular weight excluding hydrogens is 246 g/mol. The van der Waals surface area contributed by atoms with E-state index < -0.39 is 0 Å². The number of hydrogen-bond donors (Lipinski definition) is 1. The summed E-state index contributed by atoms with van der Waals surface area (Å²) in [5, 5.41) is 0. The third-order valence-electron chi connectivity index (χ3n) is 3.34. The zero-order chi connectivity index (χ0) is 13.0. The quantitative estimate of drug-likeness (QED) is 0.831. The Bertz CT molecular complexity index is 428. The second kappa shape index (κ2) is 6.16. The maximum Gasteiger partial charge on any atom is 0.124 e. The molecule has 1 aromatic rings. The Balaban J connectivity index is 2.08. The normalized spacial score (nSPS) is 15.8. The highest BCUT2D eigenvalue weighted by atomic mass is 32.1. The summed E-state index contributed by atoms with van der Waals surface area (Å²) < 4.78 is 11.2. The Kier molecular flexibility index (Phi) is 4.55. The molecule has 18 heavy (non-hydrogen) atoms. The molecule has 2 N–H and O–H groups in total. The van der Waals surface area contributed by atoms with E-state index in [-0.39, 0.29) is 0 Å². The molecule has 4 heteroatoms. The number of rotatable bonds is 5. The summed E-state index contributed by atoms with van der Waals surface area (Å²) in [5.41, 5.74) is 7.51. The Morgan fingerprint density at radius 2 is 2.11 bits per heavy atom. The zero-order valence-electron chi connectivity index (χ0n) is 10.6. The molecule has 0 aromatic heterocycles. The molecule has 0 amide bonds. The molecule has 0 atom stereocenters. The van der Waals surface area contributed by atoms with E-state index in [9.17, 15) is 0 Å². The molecule has 3 nitrogen and oxygen atoms in total. The Hall–Kier alpha value is -1.13. The van der Waals surface area contributed by atoms with Crippen LogP contribution in [0, 0.1) is 0 Å². The third-order valence-corrected chi connectivity index (χ3v) is 3.58. The molecule has 2 rings (SSSR count). The highest BCUT2D eigenvalue weighted by Gasteiger charge is 2.16. The highest BCUT2D eigenvalue weighted by Crippen LogP contribution is 2.25. The first kappa shape index (κ1) is 13.3. The van der Waals surface area contributed by atoms with Crippen molar-refractivity contribution in [2.75, 3.05) is 7.11 Å². The average Bonchev–Trinajstić information content (AvgIpc) is 2.89. The zero-order valence-corrected chi connectivity index (χ0v) is 11.5. The summed E-state index contributed by atoms with van der Waals surface area (Å²) in [6.45, 7) is 0.560. The minimum Gasteiger partial charge on any atom is -0.496 e. The van der Waals surface area contributed by atoms with E-state index in [1.165, 1.54) is 12.8 Å². The molecule has 0 saturated heterocycles. The summed E-state index contributed by atoms with van der Waals surface area (Å²) in [5.74, 6) is 0.827. The second-order valence-electron chi connectivity index (χ2n) is 4.61. The maximum absolute atomic E-state index is 5.90. The Labute approximate surface area is 113 Å². The lowest BCUT2D eigenvalue weighted by molar-refractivity contribution is 0.0446. The van der Waals surface area contributed by atoms with Gasteiger partial charge in [-0.05, 0) is 31.0 Å². The van der Waals surface area contributed by atoms with Gasteiger partial charge < -0.3 is 15.2 Å². The first-order chi connectivity index (χ1) is 8.70. The van der Waals surface area contributed by atoms with Crippen LogP contribution in [-0.4, -0.2) is 18.2 Å². The summed E-state index contributed by atoms with van der Waals surface area (Å²) >= 11 is 4.99. The fourth-order valence-corrected chi connectivity index (χ4v) is 2.43. The Morgan fingerprint density at radius 3 is 2.72 bits per heavy atom. The van der Waals surface area contributed by atoms with Crippen molar-refractivity contribution in [2.45, 2.75) is 38.4 Å². The van der Waals surface area contributed by atoms with Crippen molar-refractivity contribution in [3.8, 4) is 5.75 Å². The summed E-state index contributed by atoms with van der Waals surface area (Å²) in [6.07, 6.45) is 5.26. The summed E-state index contributed by atoms with van der Waals surface area (Å²) in [7, 11) is 1.66. The topological polar surface area (TPSA) is 44.5 Å². The lowest BCUT2D eigenvalue weighted by Crippen LogP contribution is -2.11. The van der Waals surface area contributed by atoms with Crippen molar-refractivity contribution in [2.24, 2.45) is 5.73 Å². The van der Waals surface area contributed by atoms with Crippen molar-refractivity contribution >= 4 is 17.2 Å². The van der Waals surface area contributed by atoms with Gasteiger partial charge in [-0.2, -0.15) is 0 Å². The van der Waals surface area contributed by atoms with Gasteiger partial charge in [0.15, 0.2) is 0 Å². The van der Waals surface area contributed by atoms with E-state index in [4.69, 9.17) is 27.4 Å². The Morgan fingerprint density at radius 1 is 1.39 bits per heavy atom. The number of ether oxygens (including phenoxy) is 2. The SMILES string of the molecule is COc1ccc(C(N)=S)cc1COC1CCCC1. The molecule has 0 bridgehead atoms. The van der Waals surface area contributed by atoms with Gasteiger partial charge in [0.2, 0.25) is 0 Å². The molecule has 1 saturated carbocycles. The first-order valence-electron chi connectivity index (χ1n) is 6.29. The predicted molar refractivity (Wildman–Crippen MR) is 75.9 cm³/mol. The molecule has 1 fully saturated rings. The van der Waals surface area contributed by atoms with Gasteiger partial charge in [-0.25, -0.2) is 0 Å². The van der Waals surface area contributed by atoms with E-state index in [1.807, 2.05) is 18.2 Å². The van der Waals surface area contributed by atoms with Crippen molar-refractivity contribution in [1.29, 1.82) is 0 Å². The van der Waals surface area contributed by atoms with Crippen molar-refractivity contribution in [3.05, 3.63) is 29.3 Å². The molecule has 0 unspecified atom stereocenters. The van der Waals surface area contributed by atoms with E-state index in [2.05, 4.69) is 0 Å². The minimum atomic E-state index is 0.392. The van der Waals surface area contributed by atoms with E-state index in [0.29, 0.717) is 17.7 Å². The summed E-state index contributed by atoms with van der Waals surface area (Å²) in [6, 6.07) is 5.72. The van der Waals surface area contributed by atoms with Crippen molar-refractivity contribution in [3.63, 3.8) is 0 Å². The van der Waals surface area contributed by atoms with Crippen LogP contribution in [0.2, 0.25) is 0 Å². The molecule has 0 radical (unpaired) electrons. The van der Waals surface area contributed by atoms with Gasteiger partial charge in [-0.15, -0.1) is 0 Å². The van der Waals surface area contributed by atoms with Gasteiger partial charge in [0.1, 0.15) is 10.7 Å². The predicted octanol–water partition coefficient (Wildman–Crippen LogP) is 2.79. The van der Waals surface area contributed by atoms with Crippen LogP contribution < -0.4 is 10.5 Å². The van der Waals surface area contributed by atoms with Crippen LogP contribution in [-0.2, 0) is 11.3 Å². The standard InChI is InChI=1S/C14H19NO2S/c1-16-13-7-6-10(14(15)18)8-11(13)9-17-12-4-2-3-5-12/h6-8,12H,2-5,9H2,1H3,(H2,15,18).